The van der Waals surface area contributed by atoms with Crippen molar-refractivity contribution in [1.29, 1.82) is 0 Å². The highest BCUT2D eigenvalue weighted by Gasteiger charge is 2.37. The lowest BCUT2D eigenvalue weighted by molar-refractivity contribution is -0.898. The summed E-state index contributed by atoms with van der Waals surface area (Å²) < 4.78 is 13.7. The van der Waals surface area contributed by atoms with E-state index in [0.717, 1.165) is 59.7 Å². The van der Waals surface area contributed by atoms with Crippen LogP contribution in [0.1, 0.15) is 53.6 Å². The van der Waals surface area contributed by atoms with Gasteiger partial charge in [0.1, 0.15) is 12.4 Å². The second-order valence-corrected chi connectivity index (χ2v) is 10.7. The molecule has 4 aromatic rings. The average Bonchev–Trinajstić information content (AvgIpc) is 3.77. The van der Waals surface area contributed by atoms with Gasteiger partial charge in [-0.2, -0.15) is 0 Å². The molecule has 6 heteroatoms. The maximum absolute atomic E-state index is 14.6. The van der Waals surface area contributed by atoms with E-state index in [0.29, 0.717) is 30.9 Å². The van der Waals surface area contributed by atoms with Gasteiger partial charge in [-0.3, -0.25) is 4.79 Å². The lowest BCUT2D eigenvalue weighted by Crippen LogP contribution is -2.46. The van der Waals surface area contributed by atoms with Crippen molar-refractivity contribution in [3.05, 3.63) is 107 Å². The number of quaternary nitrogens is 1. The van der Waals surface area contributed by atoms with E-state index in [1.54, 1.807) is 6.07 Å². The molecule has 1 saturated carbocycles. The van der Waals surface area contributed by atoms with Crippen LogP contribution < -0.4 is 0 Å². The van der Waals surface area contributed by atoms with E-state index in [9.17, 15) is 14.4 Å². The number of rotatable bonds is 7. The summed E-state index contributed by atoms with van der Waals surface area (Å²) in [6.07, 6.45) is 4.70. The predicted molar refractivity (Wildman–Crippen MR) is 147 cm³/mol. The molecule has 1 aromatic heterocycles. The van der Waals surface area contributed by atoms with E-state index < -0.39 is 0 Å². The average molecular weight is 510 g/mol. The number of pyridine rings is 1. The number of amides is 1. The Balaban J connectivity index is 1.53. The summed E-state index contributed by atoms with van der Waals surface area (Å²) in [6.45, 7) is 1.63. The van der Waals surface area contributed by atoms with E-state index in [4.69, 9.17) is 4.98 Å². The van der Waals surface area contributed by atoms with Gasteiger partial charge in [0.2, 0.25) is 0 Å². The number of halogens is 1. The number of carbonyl (C=O) groups is 1. The zero-order chi connectivity index (χ0) is 26.1. The Kier molecular flexibility index (Phi) is 6.68. The fraction of sp³-hybridized carbons (Fsp3) is 0.312. The second-order valence-electron chi connectivity index (χ2n) is 10.7. The first kappa shape index (κ1) is 24.7. The van der Waals surface area contributed by atoms with Crippen molar-refractivity contribution in [3.63, 3.8) is 0 Å². The Hall–Kier alpha value is -3.61. The predicted octanol–water partition coefficient (Wildman–Crippen LogP) is 6.84. The molecule has 1 saturated heterocycles. The molecule has 2 aliphatic rings. The molecule has 5 nitrogen and oxygen atoms in total. The standard InChI is InChI=1S/C32H32FN3O2/c33-25-13-9-10-23(20-25)21-35(26-16-17-26)32(37)30-27-14-5-6-15-29(27)34-31(24-11-3-1-4-12-24)28(30)22-36(38)18-7-2-8-19-36/h1,3-6,9-15,20,26H,2,7-8,16-19,21-22H2. The summed E-state index contributed by atoms with van der Waals surface area (Å²) in [5.74, 6) is -0.416. The van der Waals surface area contributed by atoms with Gasteiger partial charge in [0.05, 0.1) is 29.9 Å². The van der Waals surface area contributed by atoms with E-state index in [1.807, 2.05) is 65.6 Å². The van der Waals surface area contributed by atoms with Crippen LogP contribution in [0.25, 0.3) is 22.2 Å². The molecular formula is C32H32FN3O2. The molecule has 0 N–H and O–H groups in total. The molecule has 2 fully saturated rings. The number of hydrogen-bond donors (Lipinski definition) is 0. The maximum atomic E-state index is 14.6. The molecule has 1 amide bonds. The Morgan fingerprint density at radius 1 is 0.947 bits per heavy atom. The van der Waals surface area contributed by atoms with Crippen molar-refractivity contribution >= 4 is 16.8 Å². The normalized spacial score (nSPS) is 16.9. The topological polar surface area (TPSA) is 56.3 Å². The monoisotopic (exact) mass is 509 g/mol. The van der Waals surface area contributed by atoms with Crippen LogP contribution in [0, 0.1) is 11.0 Å². The quantitative estimate of drug-likeness (QED) is 0.202. The summed E-state index contributed by atoms with van der Waals surface area (Å²) in [6, 6.07) is 24.1. The number of para-hydroxylation sites is 1. The van der Waals surface area contributed by atoms with Crippen molar-refractivity contribution in [3.8, 4) is 11.3 Å². The molecule has 0 radical (unpaired) electrons. The van der Waals surface area contributed by atoms with Crippen LogP contribution in [0.15, 0.2) is 78.9 Å². The van der Waals surface area contributed by atoms with Crippen molar-refractivity contribution in [2.75, 3.05) is 13.1 Å². The number of carbonyl (C=O) groups excluding carboxylic acids is 1. The fourth-order valence-corrected chi connectivity index (χ4v) is 5.75. The molecule has 6 rings (SSSR count). The zero-order valence-electron chi connectivity index (χ0n) is 21.5. The number of hydroxylamine groups is 3. The molecule has 38 heavy (non-hydrogen) atoms. The minimum atomic E-state index is -0.340. The minimum absolute atomic E-state index is 0.105. The van der Waals surface area contributed by atoms with Crippen molar-refractivity contribution in [2.24, 2.45) is 0 Å². The number of aromatic nitrogens is 1. The summed E-state index contributed by atoms with van der Waals surface area (Å²) in [7, 11) is 0. The van der Waals surface area contributed by atoms with Crippen molar-refractivity contribution < 1.29 is 13.8 Å². The molecular weight excluding hydrogens is 477 g/mol. The molecule has 3 aromatic carbocycles. The van der Waals surface area contributed by atoms with Crippen LogP contribution >= 0.6 is 0 Å². The van der Waals surface area contributed by atoms with Gasteiger partial charge in [-0.25, -0.2) is 9.37 Å². The Bertz CT molecular complexity index is 1460. The maximum Gasteiger partial charge on any atom is 0.255 e. The first-order chi connectivity index (χ1) is 18.5. The van der Waals surface area contributed by atoms with Gasteiger partial charge in [0.15, 0.2) is 0 Å². The highest BCUT2D eigenvalue weighted by atomic mass is 19.1. The highest BCUT2D eigenvalue weighted by Crippen LogP contribution is 2.37. The van der Waals surface area contributed by atoms with Crippen LogP contribution in [0.2, 0.25) is 0 Å². The number of likely N-dealkylation sites (tertiary alicyclic amines) is 1. The van der Waals surface area contributed by atoms with Crippen molar-refractivity contribution in [2.45, 2.75) is 51.2 Å². The van der Waals surface area contributed by atoms with Gasteiger partial charge in [0, 0.05) is 29.1 Å². The van der Waals surface area contributed by atoms with Gasteiger partial charge in [-0.15, -0.1) is 0 Å². The lowest BCUT2D eigenvalue weighted by atomic mass is 9.94. The second kappa shape index (κ2) is 10.3. The van der Waals surface area contributed by atoms with E-state index in [1.165, 1.54) is 12.1 Å². The van der Waals surface area contributed by atoms with Gasteiger partial charge in [-0.1, -0.05) is 60.7 Å². The van der Waals surface area contributed by atoms with E-state index >= 15 is 0 Å². The third-order valence-corrected chi connectivity index (χ3v) is 7.82. The molecule has 0 spiro atoms. The Morgan fingerprint density at radius 2 is 1.68 bits per heavy atom. The van der Waals surface area contributed by atoms with Gasteiger partial charge in [-0.05, 0) is 55.9 Å². The van der Waals surface area contributed by atoms with Gasteiger partial charge < -0.3 is 14.8 Å². The third kappa shape index (κ3) is 5.06. The summed E-state index contributed by atoms with van der Waals surface area (Å²) in [4.78, 5) is 21.5. The largest absolute Gasteiger partial charge is 0.633 e. The Labute approximate surface area is 222 Å². The number of fused-ring (bicyclic) bond motifs is 1. The summed E-state index contributed by atoms with van der Waals surface area (Å²) in [5.41, 5.74) is 4.38. The summed E-state index contributed by atoms with van der Waals surface area (Å²) >= 11 is 0. The van der Waals surface area contributed by atoms with E-state index in [-0.39, 0.29) is 29.0 Å². The molecule has 1 aliphatic heterocycles. The molecule has 0 unspecified atom stereocenters. The van der Waals surface area contributed by atoms with Crippen LogP contribution in [0.3, 0.4) is 0 Å². The Morgan fingerprint density at radius 3 is 2.42 bits per heavy atom. The third-order valence-electron chi connectivity index (χ3n) is 7.82. The molecule has 2 heterocycles. The van der Waals surface area contributed by atoms with E-state index in [2.05, 4.69) is 0 Å². The van der Waals surface area contributed by atoms with Crippen molar-refractivity contribution in [1.82, 2.24) is 9.88 Å². The fourth-order valence-electron chi connectivity index (χ4n) is 5.75. The summed E-state index contributed by atoms with van der Waals surface area (Å²) in [5, 5.41) is 14.7. The van der Waals surface area contributed by atoms with Crippen LogP contribution in [-0.4, -0.2) is 39.6 Å². The molecule has 194 valence electrons. The zero-order valence-corrected chi connectivity index (χ0v) is 21.5. The number of nitrogens with zero attached hydrogens (tertiary/aromatic N) is 3. The molecule has 1 aliphatic carbocycles. The van der Waals surface area contributed by atoms with Gasteiger partial charge in [0.25, 0.3) is 5.91 Å². The minimum Gasteiger partial charge on any atom is -0.633 e. The SMILES string of the molecule is O=C(c1c(C[N+]2([O-])CCCCC2)c(-c2ccccc2)nc2ccccc12)N(Cc1cccc(F)c1)C1CC1. The van der Waals surface area contributed by atoms with Crippen LogP contribution in [0.4, 0.5) is 4.39 Å². The first-order valence-electron chi connectivity index (χ1n) is 13.6. The molecule has 0 atom stereocenters. The van der Waals surface area contributed by atoms with Gasteiger partial charge >= 0.3 is 0 Å². The van der Waals surface area contributed by atoms with Crippen LogP contribution in [0.5, 0.6) is 0 Å². The van der Waals surface area contributed by atoms with Crippen LogP contribution in [-0.2, 0) is 13.1 Å². The lowest BCUT2D eigenvalue weighted by Gasteiger charge is -2.46. The number of benzene rings is 3. The number of hydrogen-bond acceptors (Lipinski definition) is 3. The molecule has 0 bridgehead atoms. The highest BCUT2D eigenvalue weighted by molar-refractivity contribution is 6.09. The number of piperidine rings is 1. The first-order valence-corrected chi connectivity index (χ1v) is 13.6. The smallest absolute Gasteiger partial charge is 0.255 e.